The molecule has 0 N–H and O–H groups in total. The van der Waals surface area contributed by atoms with Gasteiger partial charge in [0.1, 0.15) is 17.1 Å². The molecule has 0 unspecified atom stereocenters. The number of rotatable bonds is 5. The lowest BCUT2D eigenvalue weighted by molar-refractivity contribution is -0.149. The Bertz CT molecular complexity index is 1290. The van der Waals surface area contributed by atoms with Crippen molar-refractivity contribution in [2.24, 2.45) is 0 Å². The van der Waals surface area contributed by atoms with Gasteiger partial charge in [-0.2, -0.15) is 0 Å². The van der Waals surface area contributed by atoms with Crippen molar-refractivity contribution in [3.05, 3.63) is 82.2 Å². The number of hydrogen-bond donors (Lipinski definition) is 0. The molecule has 0 radical (unpaired) electrons. The molecule has 4 aromatic rings. The van der Waals surface area contributed by atoms with Gasteiger partial charge in [0.15, 0.2) is 0 Å². The first-order valence-electron chi connectivity index (χ1n) is 9.37. The molecule has 6 nitrogen and oxygen atoms in total. The molecule has 0 aliphatic heterocycles. The molecule has 0 aliphatic rings. The van der Waals surface area contributed by atoms with Crippen molar-refractivity contribution >= 4 is 27.7 Å². The quantitative estimate of drug-likeness (QED) is 0.276. The first-order valence-corrected chi connectivity index (χ1v) is 9.37. The minimum Gasteiger partial charge on any atom is -0.497 e. The monoisotopic (exact) mass is 404 g/mol. The predicted molar refractivity (Wildman–Crippen MR) is 113 cm³/mol. The molecule has 0 bridgehead atoms. The molecule has 0 spiro atoms. The van der Waals surface area contributed by atoms with Gasteiger partial charge in [-0.1, -0.05) is 30.3 Å². The van der Waals surface area contributed by atoms with Gasteiger partial charge in [-0.25, -0.2) is 9.59 Å². The molecule has 152 valence electrons. The molecular formula is C24H20O6. The standard InChI is InChI=1S/C24H20O6/c1-14-20(29-22(24(26)28-3)15-7-5-4-6-8-15)12-11-18-17-10-9-16(27-2)13-19(17)23(25)30-21(14)18/h4-13,22H,1-3H3/t22-/m1/s1. The van der Waals surface area contributed by atoms with Crippen LogP contribution in [0.4, 0.5) is 0 Å². The first-order chi connectivity index (χ1) is 14.5. The van der Waals surface area contributed by atoms with E-state index in [2.05, 4.69) is 0 Å². The highest BCUT2D eigenvalue weighted by Crippen LogP contribution is 2.34. The Balaban J connectivity index is 1.84. The maximum atomic E-state index is 12.6. The molecule has 0 saturated heterocycles. The van der Waals surface area contributed by atoms with E-state index in [1.807, 2.05) is 30.3 Å². The number of carbonyl (C=O) groups is 1. The highest BCUT2D eigenvalue weighted by molar-refractivity contribution is 6.06. The van der Waals surface area contributed by atoms with Crippen LogP contribution in [0.15, 0.2) is 69.9 Å². The van der Waals surface area contributed by atoms with E-state index in [-0.39, 0.29) is 0 Å². The van der Waals surface area contributed by atoms with Gasteiger partial charge in [0.2, 0.25) is 6.10 Å². The Labute approximate surface area is 172 Å². The lowest BCUT2D eigenvalue weighted by atomic mass is 10.0. The summed E-state index contributed by atoms with van der Waals surface area (Å²) in [4.78, 5) is 24.9. The largest absolute Gasteiger partial charge is 0.497 e. The molecule has 1 atom stereocenters. The number of aryl methyl sites for hydroxylation is 1. The Morgan fingerprint density at radius 1 is 0.933 bits per heavy atom. The molecule has 1 heterocycles. The molecule has 0 amide bonds. The highest BCUT2D eigenvalue weighted by atomic mass is 16.6. The topological polar surface area (TPSA) is 75.0 Å². The summed E-state index contributed by atoms with van der Waals surface area (Å²) in [5.41, 5.74) is 1.22. The highest BCUT2D eigenvalue weighted by Gasteiger charge is 2.25. The van der Waals surface area contributed by atoms with Crippen molar-refractivity contribution < 1.29 is 23.4 Å². The van der Waals surface area contributed by atoms with Gasteiger partial charge in [0, 0.05) is 21.9 Å². The van der Waals surface area contributed by atoms with Crippen LogP contribution in [0.1, 0.15) is 17.2 Å². The van der Waals surface area contributed by atoms with Crippen molar-refractivity contribution in [2.45, 2.75) is 13.0 Å². The zero-order valence-corrected chi connectivity index (χ0v) is 16.8. The van der Waals surface area contributed by atoms with Crippen LogP contribution in [-0.4, -0.2) is 20.2 Å². The minimum absolute atomic E-state index is 0.409. The third-order valence-electron chi connectivity index (χ3n) is 5.05. The maximum Gasteiger partial charge on any atom is 0.351 e. The smallest absolute Gasteiger partial charge is 0.351 e. The van der Waals surface area contributed by atoms with E-state index in [0.717, 1.165) is 10.8 Å². The van der Waals surface area contributed by atoms with Gasteiger partial charge in [0.05, 0.1) is 19.6 Å². The average Bonchev–Trinajstić information content (AvgIpc) is 2.79. The van der Waals surface area contributed by atoms with Crippen LogP contribution >= 0.6 is 0 Å². The van der Waals surface area contributed by atoms with E-state index in [1.54, 1.807) is 44.4 Å². The van der Waals surface area contributed by atoms with Gasteiger partial charge in [0.25, 0.3) is 0 Å². The molecule has 6 heteroatoms. The van der Waals surface area contributed by atoms with Crippen LogP contribution in [0.2, 0.25) is 0 Å². The van der Waals surface area contributed by atoms with Gasteiger partial charge in [-0.15, -0.1) is 0 Å². The molecule has 4 rings (SSSR count). The van der Waals surface area contributed by atoms with Crippen LogP contribution in [0.25, 0.3) is 21.7 Å². The summed E-state index contributed by atoms with van der Waals surface area (Å²) in [7, 11) is 2.86. The maximum absolute atomic E-state index is 12.6. The van der Waals surface area contributed by atoms with E-state index < -0.39 is 17.7 Å². The summed E-state index contributed by atoms with van der Waals surface area (Å²) < 4.78 is 21.8. The van der Waals surface area contributed by atoms with Crippen LogP contribution < -0.4 is 15.1 Å². The summed E-state index contributed by atoms with van der Waals surface area (Å²) in [6.45, 7) is 1.79. The van der Waals surface area contributed by atoms with Crippen LogP contribution in [0.5, 0.6) is 11.5 Å². The minimum atomic E-state index is -0.941. The zero-order valence-electron chi connectivity index (χ0n) is 16.8. The SMILES string of the molecule is COC(=O)[C@H](Oc1ccc2c(oc(=O)c3cc(OC)ccc32)c1C)c1ccccc1. The summed E-state index contributed by atoms with van der Waals surface area (Å²) >= 11 is 0. The third-order valence-corrected chi connectivity index (χ3v) is 5.05. The van der Waals surface area contributed by atoms with Crippen molar-refractivity contribution in [3.63, 3.8) is 0 Å². The van der Waals surface area contributed by atoms with Crippen molar-refractivity contribution in [2.75, 3.05) is 14.2 Å². The fourth-order valence-corrected chi connectivity index (χ4v) is 3.46. The van der Waals surface area contributed by atoms with Crippen molar-refractivity contribution in [1.29, 1.82) is 0 Å². The fourth-order valence-electron chi connectivity index (χ4n) is 3.46. The number of methoxy groups -OCH3 is 2. The molecule has 0 aliphatic carbocycles. The molecule has 30 heavy (non-hydrogen) atoms. The van der Waals surface area contributed by atoms with Gasteiger partial charge < -0.3 is 18.6 Å². The molecule has 0 fully saturated rings. The summed E-state index contributed by atoms with van der Waals surface area (Å²) in [6, 6.07) is 17.9. The molecular weight excluding hydrogens is 384 g/mol. The van der Waals surface area contributed by atoms with Crippen LogP contribution in [0, 0.1) is 6.92 Å². The third kappa shape index (κ3) is 3.37. The second-order valence-corrected chi connectivity index (χ2v) is 6.80. The second-order valence-electron chi connectivity index (χ2n) is 6.80. The number of carbonyl (C=O) groups excluding carboxylic acids is 1. The Hall–Kier alpha value is -3.80. The lowest BCUT2D eigenvalue weighted by Gasteiger charge is -2.19. The number of benzene rings is 3. The molecule has 3 aromatic carbocycles. The number of fused-ring (bicyclic) bond motifs is 3. The Morgan fingerprint density at radius 2 is 1.67 bits per heavy atom. The van der Waals surface area contributed by atoms with E-state index in [4.69, 9.17) is 18.6 Å². The fraction of sp³-hybridized carbons (Fsp3) is 0.167. The lowest BCUT2D eigenvalue weighted by Crippen LogP contribution is -2.20. The summed E-state index contributed by atoms with van der Waals surface area (Å²) in [6.07, 6.45) is -0.941. The zero-order chi connectivity index (χ0) is 21.3. The molecule has 1 aromatic heterocycles. The second kappa shape index (κ2) is 7.91. The van der Waals surface area contributed by atoms with E-state index in [0.29, 0.717) is 33.6 Å². The van der Waals surface area contributed by atoms with Crippen molar-refractivity contribution in [1.82, 2.24) is 0 Å². The van der Waals surface area contributed by atoms with E-state index >= 15 is 0 Å². The number of esters is 1. The number of hydrogen-bond acceptors (Lipinski definition) is 6. The molecule has 0 saturated carbocycles. The van der Waals surface area contributed by atoms with E-state index in [1.165, 1.54) is 7.11 Å². The van der Waals surface area contributed by atoms with Crippen LogP contribution in [-0.2, 0) is 9.53 Å². The first kappa shape index (κ1) is 19.5. The van der Waals surface area contributed by atoms with Crippen LogP contribution in [0.3, 0.4) is 0 Å². The normalized spacial score (nSPS) is 12.0. The number of ether oxygens (including phenoxy) is 3. The van der Waals surface area contributed by atoms with Crippen molar-refractivity contribution in [3.8, 4) is 11.5 Å². The average molecular weight is 404 g/mol. The summed E-state index contributed by atoms with van der Waals surface area (Å²) in [5.74, 6) is 0.486. The summed E-state index contributed by atoms with van der Waals surface area (Å²) in [5, 5.41) is 1.96. The Morgan fingerprint density at radius 3 is 2.37 bits per heavy atom. The predicted octanol–water partition coefficient (Wildman–Crippen LogP) is 4.56. The van der Waals surface area contributed by atoms with E-state index in [9.17, 15) is 9.59 Å². The van der Waals surface area contributed by atoms with Gasteiger partial charge in [-0.05, 0) is 37.3 Å². The Kier molecular flexibility index (Phi) is 5.14. The van der Waals surface area contributed by atoms with Gasteiger partial charge >= 0.3 is 11.6 Å². The van der Waals surface area contributed by atoms with Gasteiger partial charge in [-0.3, -0.25) is 0 Å².